The summed E-state index contributed by atoms with van der Waals surface area (Å²) < 4.78 is 28.5. The molecule has 2 heterocycles. The number of thioether (sulfide) groups is 1. The number of fused-ring (bicyclic) bond motifs is 1. The van der Waals surface area contributed by atoms with Crippen LogP contribution in [0.4, 0.5) is 14.5 Å². The van der Waals surface area contributed by atoms with Gasteiger partial charge in [-0.15, -0.1) is 0 Å². The number of nitrogens with two attached hydrogens (primary N) is 1. The quantitative estimate of drug-likeness (QED) is 0.602. The topological polar surface area (TPSA) is 75.9 Å². The van der Waals surface area contributed by atoms with Crippen molar-refractivity contribution in [1.82, 2.24) is 4.98 Å². The fourth-order valence-corrected chi connectivity index (χ4v) is 5.03. The Morgan fingerprint density at radius 2 is 2.17 bits per heavy atom. The molecule has 0 saturated heterocycles. The number of halogens is 2. The molecule has 0 unspecified atom stereocenters. The lowest BCUT2D eigenvalue weighted by molar-refractivity contribution is 0.231. The first kappa shape index (κ1) is 19.4. The number of aliphatic hydroxyl groups is 1. The Morgan fingerprint density at radius 1 is 1.34 bits per heavy atom. The minimum atomic E-state index is -1.46. The molecule has 3 atom stereocenters. The van der Waals surface area contributed by atoms with Gasteiger partial charge in [0.15, 0.2) is 5.17 Å². The highest BCUT2D eigenvalue weighted by Crippen LogP contribution is 2.65. The second kappa shape index (κ2) is 7.14. The van der Waals surface area contributed by atoms with Gasteiger partial charge in [0.25, 0.3) is 0 Å². The van der Waals surface area contributed by atoms with Crippen LogP contribution in [-0.4, -0.2) is 33.3 Å². The predicted octanol–water partition coefficient (Wildman–Crippen LogP) is 3.15. The zero-order valence-corrected chi connectivity index (χ0v) is 16.0. The van der Waals surface area contributed by atoms with Crippen LogP contribution in [0.1, 0.15) is 23.2 Å². The van der Waals surface area contributed by atoms with Crippen molar-refractivity contribution < 1.29 is 13.9 Å². The van der Waals surface area contributed by atoms with E-state index in [1.807, 2.05) is 0 Å². The van der Waals surface area contributed by atoms with Gasteiger partial charge in [-0.2, -0.15) is 0 Å². The van der Waals surface area contributed by atoms with Gasteiger partial charge in [0, 0.05) is 23.2 Å². The molecule has 0 bridgehead atoms. The number of alkyl halides is 1. The van der Waals surface area contributed by atoms with Crippen molar-refractivity contribution in [3.05, 3.63) is 70.6 Å². The van der Waals surface area contributed by atoms with Crippen molar-refractivity contribution in [3.63, 3.8) is 0 Å². The summed E-state index contributed by atoms with van der Waals surface area (Å²) in [7, 11) is 0. The first-order valence-electron chi connectivity index (χ1n) is 8.83. The molecule has 0 amide bonds. The highest BCUT2D eigenvalue weighted by molar-refractivity contribution is 8.15. The lowest BCUT2D eigenvalue weighted by Crippen LogP contribution is -2.41. The van der Waals surface area contributed by atoms with Gasteiger partial charge in [0.05, 0.1) is 17.9 Å². The van der Waals surface area contributed by atoms with Gasteiger partial charge in [0.2, 0.25) is 5.69 Å². The molecule has 29 heavy (non-hydrogen) atoms. The van der Waals surface area contributed by atoms with Crippen LogP contribution in [0.2, 0.25) is 0 Å². The van der Waals surface area contributed by atoms with Crippen LogP contribution in [0.25, 0.3) is 4.85 Å². The van der Waals surface area contributed by atoms with Gasteiger partial charge in [-0.25, -0.2) is 18.6 Å². The zero-order valence-electron chi connectivity index (χ0n) is 15.2. The average Bonchev–Trinajstić information content (AvgIpc) is 3.48. The summed E-state index contributed by atoms with van der Waals surface area (Å²) in [5.74, 6) is 4.82. The van der Waals surface area contributed by atoms with E-state index in [4.69, 9.17) is 12.3 Å². The van der Waals surface area contributed by atoms with Crippen LogP contribution >= 0.6 is 11.8 Å². The van der Waals surface area contributed by atoms with Crippen molar-refractivity contribution in [2.75, 3.05) is 13.3 Å². The van der Waals surface area contributed by atoms with Crippen molar-refractivity contribution in [3.8, 4) is 11.8 Å². The fraction of sp³-hybridized carbons (Fsp3) is 0.286. The fourth-order valence-electron chi connectivity index (χ4n) is 3.76. The van der Waals surface area contributed by atoms with Crippen LogP contribution < -0.4 is 5.73 Å². The Morgan fingerprint density at radius 3 is 2.83 bits per heavy atom. The molecule has 1 aromatic heterocycles. The predicted molar refractivity (Wildman–Crippen MR) is 108 cm³/mol. The monoisotopic (exact) mass is 410 g/mol. The van der Waals surface area contributed by atoms with Crippen LogP contribution in [0.15, 0.2) is 41.5 Å². The molecular weight excluding hydrogens is 394 g/mol. The van der Waals surface area contributed by atoms with E-state index in [1.165, 1.54) is 36.2 Å². The molecule has 1 saturated carbocycles. The molecule has 4 rings (SSSR count). The van der Waals surface area contributed by atoms with Gasteiger partial charge >= 0.3 is 0 Å². The Labute approximate surface area is 170 Å². The number of amidine groups is 1. The van der Waals surface area contributed by atoms with Crippen molar-refractivity contribution in [1.29, 1.82) is 0 Å². The number of hydrogen-bond donors (Lipinski definition) is 2. The summed E-state index contributed by atoms with van der Waals surface area (Å²) in [6.45, 7) is 5.84. The number of pyridine rings is 1. The summed E-state index contributed by atoms with van der Waals surface area (Å²) >= 11 is 1.23. The third-order valence-corrected chi connectivity index (χ3v) is 6.62. The summed E-state index contributed by atoms with van der Waals surface area (Å²) in [6, 6.07) is 7.46. The second-order valence-electron chi connectivity index (χ2n) is 7.05. The van der Waals surface area contributed by atoms with Gasteiger partial charge in [-0.1, -0.05) is 23.7 Å². The molecular formula is C21H16F2N4OS. The Bertz CT molecular complexity index is 1100. The summed E-state index contributed by atoms with van der Waals surface area (Å²) in [4.78, 5) is 11.7. The molecule has 1 aromatic carbocycles. The standard InChI is InChI=1S/C21H16F2N4OS/c1-25-15-6-5-14(26-10-15)4-2-13-3-7-17(23)16(8-13)21(11-22)18-9-20(18,12-28)29-19(24)27-21/h3,5-8,10,18,28H,9,11-12H2,(H2,24,27)/t18-,20-,21-/m1/s1. The maximum atomic E-state index is 14.7. The molecule has 3 N–H and O–H groups in total. The third-order valence-electron chi connectivity index (χ3n) is 5.33. The Balaban J connectivity index is 1.73. The zero-order chi connectivity index (χ0) is 20.6. The van der Waals surface area contributed by atoms with Crippen LogP contribution in [0.5, 0.6) is 0 Å². The largest absolute Gasteiger partial charge is 0.395 e. The van der Waals surface area contributed by atoms with E-state index in [2.05, 4.69) is 26.7 Å². The maximum Gasteiger partial charge on any atom is 0.205 e. The molecule has 1 fully saturated rings. The molecule has 2 aromatic rings. The summed E-state index contributed by atoms with van der Waals surface area (Å²) in [6.07, 6.45) is 1.93. The summed E-state index contributed by atoms with van der Waals surface area (Å²) in [5, 5.41) is 9.90. The highest BCUT2D eigenvalue weighted by atomic mass is 32.2. The van der Waals surface area contributed by atoms with Crippen LogP contribution in [0, 0.1) is 30.1 Å². The molecule has 1 aliphatic carbocycles. The van der Waals surface area contributed by atoms with Crippen molar-refractivity contribution in [2.24, 2.45) is 16.6 Å². The molecule has 0 spiro atoms. The Kier molecular flexibility index (Phi) is 4.77. The van der Waals surface area contributed by atoms with E-state index >= 15 is 0 Å². The number of benzene rings is 1. The van der Waals surface area contributed by atoms with Crippen LogP contribution in [-0.2, 0) is 5.54 Å². The van der Waals surface area contributed by atoms with Gasteiger partial charge in [-0.3, -0.25) is 4.98 Å². The SMILES string of the molecule is [C-]#[N+]c1ccc(C#Cc2ccc(F)c([C@@]3(CF)N=C(N)S[C@@]4(CO)C[C@H]43)c2)nc1. The van der Waals surface area contributed by atoms with Gasteiger partial charge in [-0.05, 0) is 36.6 Å². The van der Waals surface area contributed by atoms with Crippen molar-refractivity contribution >= 4 is 22.6 Å². The summed E-state index contributed by atoms with van der Waals surface area (Å²) in [5.41, 5.74) is 5.88. The number of aliphatic imine (C=N–C) groups is 1. The number of aromatic nitrogens is 1. The molecule has 2 aliphatic rings. The Hall–Kier alpha value is -2.94. The minimum Gasteiger partial charge on any atom is -0.395 e. The van der Waals surface area contributed by atoms with E-state index in [1.54, 1.807) is 12.1 Å². The molecule has 0 radical (unpaired) electrons. The number of aliphatic hydroxyl groups excluding tert-OH is 1. The first-order chi connectivity index (χ1) is 14.0. The number of nitrogens with zero attached hydrogens (tertiary/aromatic N) is 3. The molecule has 8 heteroatoms. The number of rotatable bonds is 3. The van der Waals surface area contributed by atoms with E-state index in [0.717, 1.165) is 0 Å². The molecule has 146 valence electrons. The lowest BCUT2D eigenvalue weighted by Gasteiger charge is -2.34. The van der Waals surface area contributed by atoms with Gasteiger partial charge < -0.3 is 10.8 Å². The van der Waals surface area contributed by atoms with E-state index in [0.29, 0.717) is 23.4 Å². The van der Waals surface area contributed by atoms with Crippen LogP contribution in [0.3, 0.4) is 0 Å². The third kappa shape index (κ3) is 3.25. The molecule has 5 nitrogen and oxygen atoms in total. The number of hydrogen-bond acceptors (Lipinski definition) is 5. The van der Waals surface area contributed by atoms with Gasteiger partial charge in [0.1, 0.15) is 23.7 Å². The second-order valence-corrected chi connectivity index (χ2v) is 8.48. The normalized spacial score (nSPS) is 27.1. The maximum absolute atomic E-state index is 14.7. The lowest BCUT2D eigenvalue weighted by atomic mass is 9.84. The average molecular weight is 410 g/mol. The first-order valence-corrected chi connectivity index (χ1v) is 9.65. The smallest absolute Gasteiger partial charge is 0.205 e. The van der Waals surface area contributed by atoms with Crippen molar-refractivity contribution in [2.45, 2.75) is 16.7 Å². The van der Waals surface area contributed by atoms with E-state index < -0.39 is 22.8 Å². The molecule has 1 aliphatic heterocycles. The van der Waals surface area contributed by atoms with E-state index in [9.17, 15) is 13.9 Å². The highest BCUT2D eigenvalue weighted by Gasteiger charge is 2.68. The van der Waals surface area contributed by atoms with E-state index in [-0.39, 0.29) is 23.3 Å². The minimum absolute atomic E-state index is 0.0895.